The number of carbonyl (C=O) groups is 2. The first-order valence-electron chi connectivity index (χ1n) is 12.8. The highest BCUT2D eigenvalue weighted by Gasteiger charge is 2.60. The van der Waals surface area contributed by atoms with E-state index in [0.29, 0.717) is 31.0 Å². The lowest BCUT2D eigenvalue weighted by molar-refractivity contribution is -0.169. The highest BCUT2D eigenvalue weighted by molar-refractivity contribution is 5.95. The maximum atomic E-state index is 12.8. The number of rotatable bonds is 5. The summed E-state index contributed by atoms with van der Waals surface area (Å²) in [6.07, 6.45) is 9.78. The number of esters is 2. The van der Waals surface area contributed by atoms with E-state index in [4.69, 9.17) is 9.47 Å². The summed E-state index contributed by atoms with van der Waals surface area (Å²) >= 11 is 0. The van der Waals surface area contributed by atoms with Gasteiger partial charge >= 0.3 is 11.9 Å². The van der Waals surface area contributed by atoms with Crippen molar-refractivity contribution in [2.75, 3.05) is 13.2 Å². The first kappa shape index (κ1) is 23.1. The summed E-state index contributed by atoms with van der Waals surface area (Å²) in [5, 5.41) is 10.6. The Morgan fingerprint density at radius 2 is 1.52 bits per heavy atom. The Kier molecular flexibility index (Phi) is 6.46. The van der Waals surface area contributed by atoms with Crippen LogP contribution < -0.4 is 0 Å². The van der Waals surface area contributed by atoms with Gasteiger partial charge in [-0.05, 0) is 119 Å². The molecule has 0 amide bonds. The summed E-state index contributed by atoms with van der Waals surface area (Å²) in [7, 11) is 0. The van der Waals surface area contributed by atoms with Crippen molar-refractivity contribution < 1.29 is 24.2 Å². The maximum absolute atomic E-state index is 12.8. The fourth-order valence-electron chi connectivity index (χ4n) is 8.56. The zero-order valence-corrected chi connectivity index (χ0v) is 19.9. The lowest BCUT2D eigenvalue weighted by Crippen LogP contribution is -2.52. The molecule has 0 aliphatic heterocycles. The van der Waals surface area contributed by atoms with Gasteiger partial charge in [-0.15, -0.1) is 0 Å². The first-order valence-corrected chi connectivity index (χ1v) is 12.8. The van der Waals surface area contributed by atoms with Gasteiger partial charge in [-0.25, -0.2) is 0 Å². The van der Waals surface area contributed by atoms with Crippen LogP contribution in [0, 0.1) is 46.8 Å². The Morgan fingerprint density at radius 1 is 0.871 bits per heavy atom. The molecule has 4 aliphatic carbocycles. The van der Waals surface area contributed by atoms with Crippen LogP contribution in [0.25, 0.3) is 0 Å². The fraction of sp³-hybridized carbons (Fsp3) is 0.923. The van der Waals surface area contributed by atoms with E-state index >= 15 is 0 Å². The van der Waals surface area contributed by atoms with E-state index in [1.54, 1.807) is 13.8 Å². The van der Waals surface area contributed by atoms with Crippen molar-refractivity contribution in [3.63, 3.8) is 0 Å². The third-order valence-electron chi connectivity index (χ3n) is 9.79. The van der Waals surface area contributed by atoms with Gasteiger partial charge in [0.1, 0.15) is 0 Å². The Morgan fingerprint density at radius 3 is 2.16 bits per heavy atom. The second-order valence-electron chi connectivity index (χ2n) is 11.4. The topological polar surface area (TPSA) is 72.8 Å². The van der Waals surface area contributed by atoms with Gasteiger partial charge < -0.3 is 14.6 Å². The van der Waals surface area contributed by atoms with Crippen LogP contribution >= 0.6 is 0 Å². The second kappa shape index (κ2) is 8.68. The molecule has 0 heterocycles. The largest absolute Gasteiger partial charge is 0.465 e. The summed E-state index contributed by atoms with van der Waals surface area (Å²) in [4.78, 5) is 25.7. The van der Waals surface area contributed by atoms with Crippen molar-refractivity contribution >= 4 is 11.9 Å². The predicted octanol–water partition coefficient (Wildman–Crippen LogP) is 4.75. The Bertz CT molecular complexity index is 669. The summed E-state index contributed by atoms with van der Waals surface area (Å²) in [5.41, 5.74) is -0.486. The van der Waals surface area contributed by atoms with Crippen LogP contribution in [0.1, 0.15) is 85.5 Å². The van der Waals surface area contributed by atoms with E-state index in [-0.39, 0.29) is 11.3 Å². The second-order valence-corrected chi connectivity index (χ2v) is 11.4. The average Bonchev–Trinajstić information content (AvgIpc) is 3.04. The van der Waals surface area contributed by atoms with Crippen LogP contribution in [0.2, 0.25) is 0 Å². The third kappa shape index (κ3) is 4.05. The van der Waals surface area contributed by atoms with E-state index in [0.717, 1.165) is 50.4 Å². The standard InChI is InChI=1S/C26H42O5/c1-5-30-23(27)22(24(28)31-6-2)21-10-9-20-19-8-7-16-15-25(3,29)13-11-17(16)18(19)12-14-26(20,21)4/h16-22,29H,5-15H2,1-4H3/t16-,17+,18-,19-,20+,21?,25-,26+/m1/s1. The molecule has 4 saturated carbocycles. The number of aliphatic hydroxyl groups is 1. The molecule has 1 unspecified atom stereocenters. The summed E-state index contributed by atoms with van der Waals surface area (Å²) in [6.45, 7) is 8.53. The number of hydrogen-bond donors (Lipinski definition) is 1. The van der Waals surface area contributed by atoms with Gasteiger partial charge in [-0.2, -0.15) is 0 Å². The number of ether oxygens (including phenoxy) is 2. The van der Waals surface area contributed by atoms with Crippen LogP contribution in [0.15, 0.2) is 0 Å². The molecule has 1 N–H and O–H groups in total. The minimum Gasteiger partial charge on any atom is -0.465 e. The Balaban J connectivity index is 1.55. The molecule has 8 atom stereocenters. The van der Waals surface area contributed by atoms with E-state index in [1.807, 2.05) is 6.92 Å². The maximum Gasteiger partial charge on any atom is 0.320 e. The molecule has 176 valence electrons. The molecule has 4 aliphatic rings. The number of fused-ring (bicyclic) bond motifs is 5. The molecule has 0 radical (unpaired) electrons. The van der Waals surface area contributed by atoms with E-state index in [1.165, 1.54) is 19.3 Å². The van der Waals surface area contributed by atoms with Gasteiger partial charge in [0.2, 0.25) is 0 Å². The fourth-order valence-corrected chi connectivity index (χ4v) is 8.56. The van der Waals surface area contributed by atoms with E-state index < -0.39 is 23.5 Å². The first-order chi connectivity index (χ1) is 14.7. The summed E-state index contributed by atoms with van der Waals surface area (Å²) in [5.74, 6) is 1.86. The Hall–Kier alpha value is -1.10. The molecule has 0 aromatic rings. The monoisotopic (exact) mass is 434 g/mol. The zero-order valence-electron chi connectivity index (χ0n) is 19.9. The van der Waals surface area contributed by atoms with Crippen LogP contribution in [-0.4, -0.2) is 35.9 Å². The third-order valence-corrected chi connectivity index (χ3v) is 9.79. The van der Waals surface area contributed by atoms with Crippen molar-refractivity contribution in [1.82, 2.24) is 0 Å². The van der Waals surface area contributed by atoms with Crippen molar-refractivity contribution in [3.8, 4) is 0 Å². The lowest BCUT2D eigenvalue weighted by Gasteiger charge is -2.57. The molecule has 0 spiro atoms. The molecular weight excluding hydrogens is 392 g/mol. The normalized spacial score (nSPS) is 44.2. The highest BCUT2D eigenvalue weighted by atomic mass is 16.6. The van der Waals surface area contributed by atoms with E-state index in [2.05, 4.69) is 6.92 Å². The van der Waals surface area contributed by atoms with Crippen LogP contribution in [-0.2, 0) is 19.1 Å². The smallest absolute Gasteiger partial charge is 0.320 e. The molecule has 5 heteroatoms. The van der Waals surface area contributed by atoms with Gasteiger partial charge in [0.05, 0.1) is 18.8 Å². The van der Waals surface area contributed by atoms with Crippen LogP contribution in [0.4, 0.5) is 0 Å². The molecule has 0 bridgehead atoms. The molecule has 4 fully saturated rings. The summed E-state index contributed by atoms with van der Waals surface area (Å²) in [6, 6.07) is 0. The lowest BCUT2D eigenvalue weighted by atomic mass is 9.48. The van der Waals surface area contributed by atoms with Crippen molar-refractivity contribution in [3.05, 3.63) is 0 Å². The van der Waals surface area contributed by atoms with Gasteiger partial charge in [-0.3, -0.25) is 9.59 Å². The highest BCUT2D eigenvalue weighted by Crippen LogP contribution is 2.65. The number of hydrogen-bond acceptors (Lipinski definition) is 5. The minimum absolute atomic E-state index is 0.00163. The number of carbonyl (C=O) groups excluding carboxylic acids is 2. The minimum atomic E-state index is -0.785. The average molecular weight is 435 g/mol. The summed E-state index contributed by atoms with van der Waals surface area (Å²) < 4.78 is 10.7. The van der Waals surface area contributed by atoms with Gasteiger partial charge in [-0.1, -0.05) is 6.92 Å². The zero-order chi connectivity index (χ0) is 22.4. The van der Waals surface area contributed by atoms with Crippen molar-refractivity contribution in [1.29, 1.82) is 0 Å². The molecule has 5 nitrogen and oxygen atoms in total. The Labute approximate surface area is 187 Å². The quantitative estimate of drug-likeness (QED) is 0.499. The molecular formula is C26H42O5. The van der Waals surface area contributed by atoms with Crippen LogP contribution in [0.5, 0.6) is 0 Å². The van der Waals surface area contributed by atoms with Crippen molar-refractivity contribution in [2.24, 2.45) is 46.8 Å². The van der Waals surface area contributed by atoms with Gasteiger partial charge in [0.15, 0.2) is 5.92 Å². The molecule has 0 saturated heterocycles. The SMILES string of the molecule is CCOC(=O)C(C(=O)OCC)C1CC[C@H]2[C@@H]3CC[C@@H]4C[C@](C)(O)CC[C@@H]4[C@H]3CC[C@]12C. The molecule has 0 aromatic carbocycles. The van der Waals surface area contributed by atoms with Gasteiger partial charge in [0.25, 0.3) is 0 Å². The predicted molar refractivity (Wildman–Crippen MR) is 118 cm³/mol. The van der Waals surface area contributed by atoms with Gasteiger partial charge in [0, 0.05) is 0 Å². The molecule has 31 heavy (non-hydrogen) atoms. The molecule has 4 rings (SSSR count). The van der Waals surface area contributed by atoms with E-state index in [9.17, 15) is 14.7 Å². The molecule has 0 aromatic heterocycles. The van der Waals surface area contributed by atoms with Crippen molar-refractivity contribution in [2.45, 2.75) is 91.1 Å². The van der Waals surface area contributed by atoms with Crippen LogP contribution in [0.3, 0.4) is 0 Å².